The lowest BCUT2D eigenvalue weighted by molar-refractivity contribution is -0.153. The van der Waals surface area contributed by atoms with E-state index in [0.29, 0.717) is 13.0 Å². The van der Waals surface area contributed by atoms with E-state index in [9.17, 15) is 18.0 Å². The molecular formula is C16H24ClF3N2O3. The molecule has 0 aromatic heterocycles. The van der Waals surface area contributed by atoms with Gasteiger partial charge in [0, 0.05) is 18.5 Å². The van der Waals surface area contributed by atoms with Gasteiger partial charge in [0.1, 0.15) is 0 Å². The first-order valence-electron chi connectivity index (χ1n) is 7.44. The predicted octanol–water partition coefficient (Wildman–Crippen LogP) is 2.84. The van der Waals surface area contributed by atoms with Crippen molar-refractivity contribution in [1.29, 1.82) is 0 Å². The molecule has 0 aliphatic rings. The molecule has 0 fully saturated rings. The van der Waals surface area contributed by atoms with Crippen LogP contribution < -0.4 is 20.5 Å². The summed E-state index contributed by atoms with van der Waals surface area (Å²) in [5.41, 5.74) is 5.82. The van der Waals surface area contributed by atoms with Crippen molar-refractivity contribution in [2.75, 3.05) is 20.3 Å². The van der Waals surface area contributed by atoms with E-state index in [1.807, 2.05) is 13.8 Å². The lowest BCUT2D eigenvalue weighted by Gasteiger charge is -2.24. The molecule has 0 saturated carbocycles. The van der Waals surface area contributed by atoms with Crippen LogP contribution in [0.15, 0.2) is 18.2 Å². The zero-order valence-corrected chi connectivity index (χ0v) is 15.2. The quantitative estimate of drug-likeness (QED) is 0.722. The maximum Gasteiger partial charge on any atom is 0.422 e. The Hall–Kier alpha value is -1.67. The van der Waals surface area contributed by atoms with Gasteiger partial charge in [0.2, 0.25) is 5.91 Å². The molecule has 0 unspecified atom stereocenters. The Bertz CT molecular complexity index is 566. The molecule has 0 aliphatic carbocycles. The highest BCUT2D eigenvalue weighted by Crippen LogP contribution is 2.30. The number of nitrogens with two attached hydrogens (primary N) is 1. The van der Waals surface area contributed by atoms with E-state index in [-0.39, 0.29) is 36.2 Å². The van der Waals surface area contributed by atoms with Crippen LogP contribution in [-0.4, -0.2) is 37.9 Å². The summed E-state index contributed by atoms with van der Waals surface area (Å²) in [6.07, 6.45) is -3.77. The molecule has 1 aromatic carbocycles. The van der Waals surface area contributed by atoms with Gasteiger partial charge < -0.3 is 20.5 Å². The third kappa shape index (κ3) is 8.83. The molecule has 0 heterocycles. The highest BCUT2D eigenvalue weighted by atomic mass is 35.5. The smallest absolute Gasteiger partial charge is 0.422 e. The number of benzene rings is 1. The van der Waals surface area contributed by atoms with Gasteiger partial charge in [0.25, 0.3) is 0 Å². The molecule has 0 aliphatic heterocycles. The van der Waals surface area contributed by atoms with Crippen LogP contribution >= 0.6 is 12.4 Å². The first-order valence-corrected chi connectivity index (χ1v) is 7.44. The van der Waals surface area contributed by atoms with Gasteiger partial charge in [-0.3, -0.25) is 4.79 Å². The van der Waals surface area contributed by atoms with Crippen LogP contribution in [0.4, 0.5) is 13.2 Å². The van der Waals surface area contributed by atoms with Crippen molar-refractivity contribution < 1.29 is 27.4 Å². The highest BCUT2D eigenvalue weighted by molar-refractivity contribution is 5.85. The van der Waals surface area contributed by atoms with Gasteiger partial charge in [0.05, 0.1) is 7.11 Å². The molecule has 1 amide bonds. The van der Waals surface area contributed by atoms with Crippen molar-refractivity contribution in [3.63, 3.8) is 0 Å². The van der Waals surface area contributed by atoms with E-state index in [2.05, 4.69) is 5.32 Å². The number of amides is 1. The third-order valence-electron chi connectivity index (χ3n) is 3.25. The highest BCUT2D eigenvalue weighted by Gasteiger charge is 2.29. The lowest BCUT2D eigenvalue weighted by atomic mass is 10.0. The Labute approximate surface area is 151 Å². The van der Waals surface area contributed by atoms with Gasteiger partial charge in [-0.1, -0.05) is 6.07 Å². The fourth-order valence-electron chi connectivity index (χ4n) is 1.90. The first-order chi connectivity index (χ1) is 11.1. The number of hydrogen-bond donors (Lipinski definition) is 2. The minimum absolute atomic E-state index is 0. The fraction of sp³-hybridized carbons (Fsp3) is 0.562. The van der Waals surface area contributed by atoms with Crippen molar-refractivity contribution >= 4 is 18.3 Å². The Kier molecular flexibility index (Phi) is 9.07. The van der Waals surface area contributed by atoms with E-state index >= 15 is 0 Å². The second-order valence-corrected chi connectivity index (χ2v) is 6.03. The van der Waals surface area contributed by atoms with E-state index in [1.165, 1.54) is 13.2 Å². The van der Waals surface area contributed by atoms with Crippen LogP contribution in [0.2, 0.25) is 0 Å². The Morgan fingerprint density at radius 2 is 1.88 bits per heavy atom. The van der Waals surface area contributed by atoms with E-state index in [4.69, 9.17) is 15.2 Å². The number of aryl methyl sites for hydroxylation is 1. The number of nitrogens with one attached hydrogen (secondary N) is 1. The van der Waals surface area contributed by atoms with E-state index < -0.39 is 18.3 Å². The molecule has 5 nitrogen and oxygen atoms in total. The van der Waals surface area contributed by atoms with Crippen LogP contribution in [0.3, 0.4) is 0 Å². The second kappa shape index (κ2) is 9.72. The monoisotopic (exact) mass is 384 g/mol. The number of carbonyl (C=O) groups is 1. The van der Waals surface area contributed by atoms with Crippen LogP contribution in [-0.2, 0) is 11.2 Å². The normalized spacial score (nSPS) is 11.5. The van der Waals surface area contributed by atoms with Gasteiger partial charge in [-0.2, -0.15) is 13.2 Å². The molecule has 9 heteroatoms. The molecule has 0 saturated heterocycles. The SMILES string of the molecule is COc1cc(CCC(=O)NC(C)(C)CN)ccc1OCC(F)(F)F.Cl. The maximum atomic E-state index is 12.2. The molecule has 0 atom stereocenters. The fourth-order valence-corrected chi connectivity index (χ4v) is 1.90. The number of methoxy groups -OCH3 is 1. The minimum Gasteiger partial charge on any atom is -0.493 e. The topological polar surface area (TPSA) is 73.6 Å². The average molecular weight is 385 g/mol. The molecule has 144 valence electrons. The molecule has 1 aromatic rings. The summed E-state index contributed by atoms with van der Waals surface area (Å²) in [5.74, 6) is 0.0496. The molecule has 0 radical (unpaired) electrons. The largest absolute Gasteiger partial charge is 0.493 e. The number of hydrogen-bond acceptors (Lipinski definition) is 4. The van der Waals surface area contributed by atoms with Crippen molar-refractivity contribution in [2.24, 2.45) is 5.73 Å². The van der Waals surface area contributed by atoms with Crippen molar-refractivity contribution in [2.45, 2.75) is 38.4 Å². The molecule has 1 rings (SSSR count). The van der Waals surface area contributed by atoms with Gasteiger partial charge in [-0.25, -0.2) is 0 Å². The standard InChI is InChI=1S/C16H23F3N2O3.ClH/c1-15(2,9-20)21-14(22)7-5-11-4-6-12(13(8-11)23-3)24-10-16(17,18)19;/h4,6,8H,5,7,9-10,20H2,1-3H3,(H,21,22);1H. The summed E-state index contributed by atoms with van der Waals surface area (Å²) in [5, 5.41) is 2.81. The summed E-state index contributed by atoms with van der Waals surface area (Å²) < 4.78 is 46.4. The minimum atomic E-state index is -4.42. The van der Waals surface area contributed by atoms with Gasteiger partial charge in [-0.15, -0.1) is 12.4 Å². The van der Waals surface area contributed by atoms with E-state index in [1.54, 1.807) is 12.1 Å². The number of halogens is 4. The summed E-state index contributed by atoms with van der Waals surface area (Å²) >= 11 is 0. The number of ether oxygens (including phenoxy) is 2. The molecule has 3 N–H and O–H groups in total. The van der Waals surface area contributed by atoms with Crippen molar-refractivity contribution in [3.8, 4) is 11.5 Å². The Morgan fingerprint density at radius 3 is 2.40 bits per heavy atom. The van der Waals surface area contributed by atoms with Crippen molar-refractivity contribution in [1.82, 2.24) is 5.32 Å². The Balaban J connectivity index is 0.00000576. The lowest BCUT2D eigenvalue weighted by Crippen LogP contribution is -2.48. The molecule has 0 spiro atoms. The van der Waals surface area contributed by atoms with Crippen LogP contribution in [0, 0.1) is 0 Å². The average Bonchev–Trinajstić information content (AvgIpc) is 2.50. The van der Waals surface area contributed by atoms with Gasteiger partial charge in [0.15, 0.2) is 18.1 Å². The van der Waals surface area contributed by atoms with Crippen LogP contribution in [0.1, 0.15) is 25.8 Å². The second-order valence-electron chi connectivity index (χ2n) is 6.03. The maximum absolute atomic E-state index is 12.2. The molecular weight excluding hydrogens is 361 g/mol. The van der Waals surface area contributed by atoms with E-state index in [0.717, 1.165) is 5.56 Å². The number of alkyl halides is 3. The summed E-state index contributed by atoms with van der Waals surface area (Å²) in [6.45, 7) is 2.57. The Morgan fingerprint density at radius 1 is 1.24 bits per heavy atom. The summed E-state index contributed by atoms with van der Waals surface area (Å²) in [6, 6.07) is 4.57. The summed E-state index contributed by atoms with van der Waals surface area (Å²) in [4.78, 5) is 11.9. The summed E-state index contributed by atoms with van der Waals surface area (Å²) in [7, 11) is 1.34. The zero-order valence-electron chi connectivity index (χ0n) is 14.4. The van der Waals surface area contributed by atoms with Gasteiger partial charge >= 0.3 is 6.18 Å². The van der Waals surface area contributed by atoms with Gasteiger partial charge in [-0.05, 0) is 38.0 Å². The predicted molar refractivity (Wildman–Crippen MR) is 91.4 cm³/mol. The molecule has 0 bridgehead atoms. The third-order valence-corrected chi connectivity index (χ3v) is 3.25. The van der Waals surface area contributed by atoms with Crippen LogP contribution in [0.5, 0.6) is 11.5 Å². The van der Waals surface area contributed by atoms with Crippen LogP contribution in [0.25, 0.3) is 0 Å². The first kappa shape index (κ1) is 23.3. The molecule has 25 heavy (non-hydrogen) atoms. The number of rotatable bonds is 8. The zero-order chi connectivity index (χ0) is 18.4. The van der Waals surface area contributed by atoms with Crippen molar-refractivity contribution in [3.05, 3.63) is 23.8 Å². The number of carbonyl (C=O) groups excluding carboxylic acids is 1.